The molecule has 1 aromatic heterocycles. The molecule has 0 aliphatic carbocycles. The van der Waals surface area contributed by atoms with Crippen molar-refractivity contribution < 1.29 is 9.53 Å². The summed E-state index contributed by atoms with van der Waals surface area (Å²) in [7, 11) is 0. The Balaban J connectivity index is 1.40. The first kappa shape index (κ1) is 16.1. The normalized spacial score (nSPS) is 25.5. The predicted molar refractivity (Wildman–Crippen MR) is 90.6 cm³/mol. The van der Waals surface area contributed by atoms with Crippen LogP contribution in [0.2, 0.25) is 0 Å². The first-order valence-corrected chi connectivity index (χ1v) is 9.47. The highest BCUT2D eigenvalue weighted by Gasteiger charge is 2.29. The minimum atomic E-state index is -0.205. The van der Waals surface area contributed by atoms with Crippen molar-refractivity contribution in [1.82, 2.24) is 19.4 Å². The molecule has 0 unspecified atom stereocenters. The van der Waals surface area contributed by atoms with Crippen LogP contribution in [0.5, 0.6) is 0 Å². The summed E-state index contributed by atoms with van der Waals surface area (Å²) < 4.78 is 7.92. The number of ether oxygens (including phenoxy) is 1. The molecule has 4 rings (SSSR count). The number of carbonyl (C=O) groups is 1. The fraction of sp³-hybridized carbons (Fsp3) is 0.778. The Morgan fingerprint density at radius 1 is 1.12 bits per heavy atom. The molecular formula is C18H28N4O2. The van der Waals surface area contributed by atoms with Crippen molar-refractivity contribution in [3.63, 3.8) is 0 Å². The molecule has 0 N–H and O–H groups in total. The van der Waals surface area contributed by atoms with E-state index in [9.17, 15) is 4.79 Å². The number of hydrogen-bond donors (Lipinski definition) is 0. The van der Waals surface area contributed by atoms with Gasteiger partial charge < -0.3 is 14.2 Å². The van der Waals surface area contributed by atoms with E-state index < -0.39 is 0 Å². The summed E-state index contributed by atoms with van der Waals surface area (Å²) in [6, 6.07) is 0. The molecule has 2 saturated heterocycles. The second-order valence-electron chi connectivity index (χ2n) is 7.23. The number of aromatic nitrogens is 2. The summed E-state index contributed by atoms with van der Waals surface area (Å²) in [5.41, 5.74) is 1.30. The fourth-order valence-electron chi connectivity index (χ4n) is 4.16. The van der Waals surface area contributed by atoms with Crippen LogP contribution in [0.15, 0.2) is 6.20 Å². The maximum absolute atomic E-state index is 12.6. The van der Waals surface area contributed by atoms with Crippen molar-refractivity contribution in [2.24, 2.45) is 0 Å². The minimum Gasteiger partial charge on any atom is -0.368 e. The zero-order valence-electron chi connectivity index (χ0n) is 14.5. The van der Waals surface area contributed by atoms with Gasteiger partial charge in [-0.1, -0.05) is 6.42 Å². The Kier molecular flexibility index (Phi) is 4.85. The van der Waals surface area contributed by atoms with Crippen LogP contribution in [0, 0.1) is 0 Å². The molecule has 6 heteroatoms. The molecule has 0 radical (unpaired) electrons. The quantitative estimate of drug-likeness (QED) is 0.840. The van der Waals surface area contributed by atoms with E-state index in [4.69, 9.17) is 4.74 Å². The second-order valence-corrected chi connectivity index (χ2v) is 7.23. The Morgan fingerprint density at radius 3 is 2.79 bits per heavy atom. The number of imidazole rings is 1. The molecule has 24 heavy (non-hydrogen) atoms. The van der Waals surface area contributed by atoms with Gasteiger partial charge in [0.25, 0.3) is 5.91 Å². The van der Waals surface area contributed by atoms with Crippen molar-refractivity contribution in [3.8, 4) is 0 Å². The predicted octanol–water partition coefficient (Wildman–Crippen LogP) is 1.43. The third-order valence-corrected chi connectivity index (χ3v) is 5.57. The summed E-state index contributed by atoms with van der Waals surface area (Å²) in [4.78, 5) is 21.7. The third kappa shape index (κ3) is 3.35. The van der Waals surface area contributed by atoms with Gasteiger partial charge in [-0.05, 0) is 38.8 Å². The molecule has 0 bridgehead atoms. The van der Waals surface area contributed by atoms with Crippen LogP contribution in [0.1, 0.15) is 43.6 Å². The molecule has 0 saturated carbocycles. The van der Waals surface area contributed by atoms with Gasteiger partial charge in [0.15, 0.2) is 0 Å². The molecular weight excluding hydrogens is 304 g/mol. The summed E-state index contributed by atoms with van der Waals surface area (Å²) in [6.07, 6.45) is 8.55. The molecule has 2 fully saturated rings. The third-order valence-electron chi connectivity index (χ3n) is 5.57. The van der Waals surface area contributed by atoms with Crippen LogP contribution in [0.4, 0.5) is 0 Å². The van der Waals surface area contributed by atoms with E-state index in [2.05, 4.69) is 14.5 Å². The van der Waals surface area contributed by atoms with Crippen LogP contribution in [-0.4, -0.2) is 64.1 Å². The summed E-state index contributed by atoms with van der Waals surface area (Å²) in [5.74, 6) is 1.31. The van der Waals surface area contributed by atoms with Gasteiger partial charge >= 0.3 is 0 Å². The fourth-order valence-corrected chi connectivity index (χ4v) is 4.16. The zero-order chi connectivity index (χ0) is 16.4. The van der Waals surface area contributed by atoms with E-state index in [-0.39, 0.29) is 12.0 Å². The first-order chi connectivity index (χ1) is 11.8. The number of fused-ring (bicyclic) bond motifs is 1. The standard InChI is InChI=1S/C18H28N4O2/c23-18(16-5-4-12-24-16)21-9-6-17-19-13-15(22(17)11-10-21)14-20-7-2-1-3-8-20/h13,16H,1-12,14H2/t16-/m0/s1. The van der Waals surface area contributed by atoms with Gasteiger partial charge in [-0.25, -0.2) is 4.98 Å². The van der Waals surface area contributed by atoms with E-state index in [0.717, 1.165) is 57.9 Å². The Morgan fingerprint density at radius 2 is 2.00 bits per heavy atom. The molecule has 3 aliphatic rings. The Labute approximate surface area is 143 Å². The number of carbonyl (C=O) groups excluding carboxylic acids is 1. The number of piperidine rings is 1. The highest BCUT2D eigenvalue weighted by molar-refractivity contribution is 5.81. The lowest BCUT2D eigenvalue weighted by atomic mass is 10.1. The highest BCUT2D eigenvalue weighted by Crippen LogP contribution is 2.19. The van der Waals surface area contributed by atoms with Gasteiger partial charge in [0.05, 0.1) is 5.69 Å². The van der Waals surface area contributed by atoms with Crippen molar-refractivity contribution in [3.05, 3.63) is 17.7 Å². The molecule has 0 aromatic carbocycles. The maximum atomic E-state index is 12.6. The molecule has 132 valence electrons. The molecule has 6 nitrogen and oxygen atoms in total. The maximum Gasteiger partial charge on any atom is 0.251 e. The van der Waals surface area contributed by atoms with Crippen molar-refractivity contribution in [2.75, 3.05) is 32.8 Å². The monoisotopic (exact) mass is 332 g/mol. The summed E-state index contributed by atoms with van der Waals surface area (Å²) >= 11 is 0. The highest BCUT2D eigenvalue weighted by atomic mass is 16.5. The van der Waals surface area contributed by atoms with Gasteiger partial charge in [0.2, 0.25) is 0 Å². The van der Waals surface area contributed by atoms with E-state index in [1.54, 1.807) is 0 Å². The number of amides is 1. The van der Waals surface area contributed by atoms with Crippen molar-refractivity contribution in [2.45, 2.75) is 57.7 Å². The van der Waals surface area contributed by atoms with Crippen LogP contribution in [0.3, 0.4) is 0 Å². The summed E-state index contributed by atoms with van der Waals surface area (Å²) in [5, 5.41) is 0. The van der Waals surface area contributed by atoms with Crippen molar-refractivity contribution >= 4 is 5.91 Å². The van der Waals surface area contributed by atoms with E-state index in [1.165, 1.54) is 38.0 Å². The average molecular weight is 332 g/mol. The van der Waals surface area contributed by atoms with Gasteiger partial charge in [-0.2, -0.15) is 0 Å². The second kappa shape index (κ2) is 7.23. The average Bonchev–Trinajstić information content (AvgIpc) is 3.22. The van der Waals surface area contributed by atoms with Crippen LogP contribution in [-0.2, 0) is 29.0 Å². The minimum absolute atomic E-state index is 0.177. The topological polar surface area (TPSA) is 50.6 Å². The van der Waals surface area contributed by atoms with Gasteiger partial charge in [-0.15, -0.1) is 0 Å². The SMILES string of the molecule is O=C([C@@H]1CCCO1)N1CCc2ncc(CN3CCCCC3)n2CC1. The molecule has 1 atom stereocenters. The van der Waals surface area contributed by atoms with Crippen LogP contribution in [0.25, 0.3) is 0 Å². The van der Waals surface area contributed by atoms with Gasteiger partial charge in [-0.3, -0.25) is 9.69 Å². The number of likely N-dealkylation sites (tertiary alicyclic amines) is 1. The first-order valence-electron chi connectivity index (χ1n) is 9.47. The Hall–Kier alpha value is -1.40. The lowest BCUT2D eigenvalue weighted by molar-refractivity contribution is -0.140. The van der Waals surface area contributed by atoms with Crippen LogP contribution < -0.4 is 0 Å². The lowest BCUT2D eigenvalue weighted by Crippen LogP contribution is -2.40. The van der Waals surface area contributed by atoms with E-state index >= 15 is 0 Å². The van der Waals surface area contributed by atoms with E-state index in [0.29, 0.717) is 0 Å². The smallest absolute Gasteiger partial charge is 0.251 e. The Bertz CT molecular complexity index is 574. The largest absolute Gasteiger partial charge is 0.368 e. The van der Waals surface area contributed by atoms with Crippen LogP contribution >= 0.6 is 0 Å². The lowest BCUT2D eigenvalue weighted by Gasteiger charge is -2.27. The summed E-state index contributed by atoms with van der Waals surface area (Å²) in [6.45, 7) is 6.51. The number of nitrogens with zero attached hydrogens (tertiary/aromatic N) is 4. The molecule has 4 heterocycles. The number of hydrogen-bond acceptors (Lipinski definition) is 4. The zero-order valence-corrected chi connectivity index (χ0v) is 14.5. The molecule has 1 amide bonds. The molecule has 3 aliphatic heterocycles. The molecule has 0 spiro atoms. The molecule has 1 aromatic rings. The van der Waals surface area contributed by atoms with Gasteiger partial charge in [0.1, 0.15) is 11.9 Å². The van der Waals surface area contributed by atoms with Gasteiger partial charge in [0, 0.05) is 45.4 Å². The van der Waals surface area contributed by atoms with Crippen molar-refractivity contribution in [1.29, 1.82) is 0 Å². The van der Waals surface area contributed by atoms with E-state index in [1.807, 2.05) is 11.1 Å². The number of rotatable bonds is 3.